The largest absolute Gasteiger partial charge is 0.496 e. The van der Waals surface area contributed by atoms with Gasteiger partial charge in [-0.2, -0.15) is 10.2 Å². The van der Waals surface area contributed by atoms with E-state index >= 15 is 0 Å². The zero-order valence-corrected chi connectivity index (χ0v) is 46.0. The van der Waals surface area contributed by atoms with Gasteiger partial charge in [0.2, 0.25) is 0 Å². The standard InChI is InChI=1S/C33H45N3O5.C28H37N3O4/c1-4-26-33(35(20-23-11-12-23)21-24-13-16-39-17-14-24)28-9-7-8-27(36(28)34-26)32-29(37-2)18-25(19-30(32)38-3)22-41-31-10-5-6-15-40-31;1-4-22-28(30(16-19-8-9-19)17-20-10-12-35-13-11-20)24-7-5-6-23(31(24)29-22)27-25(33-2)14-21(18-32)15-26(27)34-3/h7-9,18-19,23-24,31H,4-6,10-17,20-22H2,1-3H3;5-7,14-15,19-20,32H,4,8-13,16-18H2,1-3H3. The molecule has 0 bridgehead atoms. The van der Waals surface area contributed by atoms with Crippen LogP contribution in [0.25, 0.3) is 33.5 Å². The second kappa shape index (κ2) is 25.3. The topological polar surface area (TPSA) is 135 Å². The number of nitrogens with zero attached hydrogens (tertiary/aromatic N) is 6. The monoisotopic (exact) mass is 1040 g/mol. The van der Waals surface area contributed by atoms with E-state index in [1.165, 1.54) is 37.1 Å². The van der Waals surface area contributed by atoms with E-state index < -0.39 is 0 Å². The average molecular weight is 1040 g/mol. The second-order valence-corrected chi connectivity index (χ2v) is 21.5. The zero-order valence-electron chi connectivity index (χ0n) is 46.0. The minimum atomic E-state index is -0.149. The first kappa shape index (κ1) is 53.8. The molecule has 76 heavy (non-hydrogen) atoms. The fourth-order valence-corrected chi connectivity index (χ4v) is 11.6. The Morgan fingerprint density at radius 2 is 0.961 bits per heavy atom. The van der Waals surface area contributed by atoms with Crippen LogP contribution in [-0.4, -0.2) is 118 Å². The third kappa shape index (κ3) is 12.2. The highest BCUT2D eigenvalue weighted by molar-refractivity contribution is 5.84. The Morgan fingerprint density at radius 1 is 0.539 bits per heavy atom. The Balaban J connectivity index is 0.000000175. The molecular weight excluding hydrogens is 961 g/mol. The molecule has 0 amide bonds. The minimum absolute atomic E-state index is 0.0779. The van der Waals surface area contributed by atoms with Crippen LogP contribution < -0.4 is 28.7 Å². The predicted octanol–water partition coefficient (Wildman–Crippen LogP) is 11.0. The van der Waals surface area contributed by atoms with Gasteiger partial charge in [0.15, 0.2) is 6.29 Å². The van der Waals surface area contributed by atoms with Crippen molar-refractivity contribution in [1.82, 2.24) is 19.2 Å². The fraction of sp³-hybridized carbons (Fsp3) is 0.574. The van der Waals surface area contributed by atoms with Crippen molar-refractivity contribution >= 4 is 22.4 Å². The van der Waals surface area contributed by atoms with Crippen LogP contribution in [0.4, 0.5) is 11.4 Å². The maximum absolute atomic E-state index is 9.71. The summed E-state index contributed by atoms with van der Waals surface area (Å²) in [6.45, 7) is 13.3. The lowest BCUT2D eigenvalue weighted by Crippen LogP contribution is -2.34. The first-order chi connectivity index (χ1) is 37.3. The summed E-state index contributed by atoms with van der Waals surface area (Å²) in [6, 6.07) is 20.6. The Bertz CT molecular complexity index is 2810. The third-order valence-corrected chi connectivity index (χ3v) is 16.1. The zero-order chi connectivity index (χ0) is 52.5. The van der Waals surface area contributed by atoms with Gasteiger partial charge in [-0.1, -0.05) is 26.0 Å². The Labute approximate surface area is 449 Å². The van der Waals surface area contributed by atoms with E-state index in [1.54, 1.807) is 28.4 Å². The number of benzene rings is 2. The molecule has 2 aliphatic carbocycles. The normalized spacial score (nSPS) is 18.4. The summed E-state index contributed by atoms with van der Waals surface area (Å²) < 4.78 is 50.7. The van der Waals surface area contributed by atoms with Crippen molar-refractivity contribution in [3.8, 4) is 45.5 Å². The number of fused-ring (bicyclic) bond motifs is 2. The van der Waals surface area contributed by atoms with Gasteiger partial charge in [-0.15, -0.1) is 0 Å². The highest BCUT2D eigenvalue weighted by Crippen LogP contribution is 2.45. The fourth-order valence-electron chi connectivity index (χ4n) is 11.6. The van der Waals surface area contributed by atoms with Crippen molar-refractivity contribution in [3.05, 3.63) is 83.2 Å². The maximum Gasteiger partial charge on any atom is 0.158 e. The Hall–Kier alpha value is -5.58. The molecule has 1 atom stereocenters. The van der Waals surface area contributed by atoms with E-state index in [-0.39, 0.29) is 12.9 Å². The summed E-state index contributed by atoms with van der Waals surface area (Å²) in [6.07, 6.45) is 14.6. The molecule has 6 aromatic rings. The summed E-state index contributed by atoms with van der Waals surface area (Å²) in [5.41, 5.74) is 12.4. The van der Waals surface area contributed by atoms with Gasteiger partial charge in [0.05, 0.1) is 98.0 Å². The number of rotatable bonds is 22. The van der Waals surface area contributed by atoms with Crippen molar-refractivity contribution in [2.75, 3.05) is 97.5 Å². The lowest BCUT2D eigenvalue weighted by Gasteiger charge is -2.31. The molecule has 1 N–H and O–H groups in total. The van der Waals surface area contributed by atoms with Crippen LogP contribution in [0.2, 0.25) is 0 Å². The lowest BCUT2D eigenvalue weighted by atomic mass is 9.99. The number of aliphatic hydroxyl groups is 1. The quantitative estimate of drug-likeness (QED) is 0.0692. The van der Waals surface area contributed by atoms with Crippen molar-refractivity contribution < 1.29 is 43.0 Å². The maximum atomic E-state index is 9.71. The number of pyridine rings is 2. The molecule has 11 rings (SSSR count). The van der Waals surface area contributed by atoms with Crippen molar-refractivity contribution in [1.29, 1.82) is 0 Å². The number of hydrogen-bond donors (Lipinski definition) is 1. The van der Waals surface area contributed by atoms with Crippen LogP contribution in [0.15, 0.2) is 60.7 Å². The van der Waals surface area contributed by atoms with Crippen LogP contribution in [0.5, 0.6) is 23.0 Å². The van der Waals surface area contributed by atoms with Crippen LogP contribution >= 0.6 is 0 Å². The van der Waals surface area contributed by atoms with E-state index in [9.17, 15) is 5.11 Å². The molecule has 15 heteroatoms. The van der Waals surface area contributed by atoms with Gasteiger partial charge in [0.1, 0.15) is 23.0 Å². The van der Waals surface area contributed by atoms with Crippen molar-refractivity contribution in [2.24, 2.45) is 23.7 Å². The first-order valence-corrected chi connectivity index (χ1v) is 28.4. The van der Waals surface area contributed by atoms with E-state index in [2.05, 4.69) is 81.2 Å². The molecule has 410 valence electrons. The predicted molar refractivity (Wildman–Crippen MR) is 297 cm³/mol. The van der Waals surface area contributed by atoms with Crippen LogP contribution in [-0.2, 0) is 45.0 Å². The summed E-state index contributed by atoms with van der Waals surface area (Å²) in [4.78, 5) is 5.25. The van der Waals surface area contributed by atoms with Crippen LogP contribution in [0.1, 0.15) is 107 Å². The Morgan fingerprint density at radius 3 is 1.33 bits per heavy atom. The number of methoxy groups -OCH3 is 4. The molecule has 3 saturated heterocycles. The molecule has 3 aliphatic heterocycles. The van der Waals surface area contributed by atoms with Crippen molar-refractivity contribution in [3.63, 3.8) is 0 Å². The SMILES string of the molecule is CCc1nn2c(-c3c(OC)cc(CO)cc3OC)cccc2c1N(CC1CCOCC1)CC1CC1.CCc1nn2c(-c3c(OC)cc(COC4CCCCO4)cc3OC)cccc2c1N(CC1CCOCC1)CC1CC1. The van der Waals surface area contributed by atoms with E-state index in [4.69, 9.17) is 48.1 Å². The number of ether oxygens (including phenoxy) is 8. The van der Waals surface area contributed by atoms with E-state index in [1.807, 2.05) is 12.1 Å². The molecule has 0 spiro atoms. The van der Waals surface area contributed by atoms with E-state index in [0.29, 0.717) is 29.9 Å². The first-order valence-electron chi connectivity index (χ1n) is 28.4. The van der Waals surface area contributed by atoms with Crippen LogP contribution in [0, 0.1) is 23.7 Å². The molecule has 15 nitrogen and oxygen atoms in total. The minimum Gasteiger partial charge on any atom is -0.496 e. The number of aryl methyl sites for hydroxylation is 2. The van der Waals surface area contributed by atoms with Crippen LogP contribution in [0.3, 0.4) is 0 Å². The molecule has 2 aromatic carbocycles. The second-order valence-electron chi connectivity index (χ2n) is 21.5. The summed E-state index contributed by atoms with van der Waals surface area (Å²) in [5, 5.41) is 20.1. The number of aromatic nitrogens is 4. The highest BCUT2D eigenvalue weighted by atomic mass is 16.7. The summed E-state index contributed by atoms with van der Waals surface area (Å²) in [5.74, 6) is 5.67. The molecule has 5 aliphatic rings. The van der Waals surface area contributed by atoms with Crippen molar-refractivity contribution in [2.45, 2.75) is 117 Å². The van der Waals surface area contributed by atoms with Gasteiger partial charge in [0.25, 0.3) is 0 Å². The van der Waals surface area contributed by atoms with Gasteiger partial charge in [-0.05, 0) is 167 Å². The third-order valence-electron chi connectivity index (χ3n) is 16.1. The number of hydrogen-bond acceptors (Lipinski definition) is 13. The highest BCUT2D eigenvalue weighted by Gasteiger charge is 2.33. The number of aliphatic hydroxyl groups excluding tert-OH is 1. The number of anilines is 2. The summed E-state index contributed by atoms with van der Waals surface area (Å²) >= 11 is 0. The molecule has 2 saturated carbocycles. The molecule has 4 aromatic heterocycles. The molecule has 0 radical (unpaired) electrons. The average Bonchev–Trinajstić information content (AvgIpc) is 4.44. The molecule has 1 unspecified atom stereocenters. The van der Waals surface area contributed by atoms with Gasteiger partial charge < -0.3 is 52.8 Å². The molecule has 5 fully saturated rings. The lowest BCUT2D eigenvalue weighted by molar-refractivity contribution is -0.168. The van der Waals surface area contributed by atoms with Gasteiger partial charge in [0, 0.05) is 59.2 Å². The molecule has 7 heterocycles. The smallest absolute Gasteiger partial charge is 0.158 e. The van der Waals surface area contributed by atoms with Gasteiger partial charge in [-0.3, -0.25) is 0 Å². The van der Waals surface area contributed by atoms with Gasteiger partial charge in [-0.25, -0.2) is 9.03 Å². The van der Waals surface area contributed by atoms with E-state index in [0.717, 1.165) is 196 Å². The molecular formula is C61H82N6O9. The summed E-state index contributed by atoms with van der Waals surface area (Å²) in [7, 11) is 6.72. The van der Waals surface area contributed by atoms with Gasteiger partial charge >= 0.3 is 0 Å². The Kier molecular flexibility index (Phi) is 17.9.